The summed E-state index contributed by atoms with van der Waals surface area (Å²) in [5, 5.41) is 2.66. The van der Waals surface area contributed by atoms with Gasteiger partial charge in [-0.15, -0.1) is 0 Å². The minimum atomic E-state index is -4.45. The molecular formula is C26H29F3N4O3. The number of pyridine rings is 1. The highest BCUT2D eigenvalue weighted by atomic mass is 19.4. The number of aromatic nitrogens is 1. The van der Waals surface area contributed by atoms with Gasteiger partial charge in [0.05, 0.1) is 24.5 Å². The van der Waals surface area contributed by atoms with Crippen LogP contribution in [0, 0.1) is 0 Å². The van der Waals surface area contributed by atoms with E-state index in [2.05, 4.69) is 15.2 Å². The molecule has 1 heterocycles. The fraction of sp³-hybridized carbons (Fsp3) is 0.308. The molecule has 0 aliphatic heterocycles. The Morgan fingerprint density at radius 2 is 1.75 bits per heavy atom. The lowest BCUT2D eigenvalue weighted by atomic mass is 10.1. The molecule has 192 valence electrons. The zero-order valence-electron chi connectivity index (χ0n) is 20.1. The van der Waals surface area contributed by atoms with Crippen molar-refractivity contribution < 1.29 is 27.4 Å². The van der Waals surface area contributed by atoms with Gasteiger partial charge < -0.3 is 25.4 Å². The molecule has 0 saturated heterocycles. The average Bonchev–Trinajstić information content (AvgIpc) is 2.87. The molecule has 0 radical (unpaired) electrons. The number of carbonyl (C=O) groups excluding carboxylic acids is 1. The van der Waals surface area contributed by atoms with Gasteiger partial charge in [-0.1, -0.05) is 12.1 Å². The van der Waals surface area contributed by atoms with Crippen LogP contribution in [0.5, 0.6) is 0 Å². The highest BCUT2D eigenvalue weighted by molar-refractivity contribution is 5.95. The van der Waals surface area contributed by atoms with E-state index in [1.165, 1.54) is 24.4 Å². The monoisotopic (exact) mass is 502 g/mol. The highest BCUT2D eigenvalue weighted by Crippen LogP contribution is 2.31. The molecule has 3 aromatic rings. The van der Waals surface area contributed by atoms with Gasteiger partial charge in [0, 0.05) is 62.6 Å². The quantitative estimate of drug-likeness (QED) is 0.379. The average molecular weight is 503 g/mol. The summed E-state index contributed by atoms with van der Waals surface area (Å²) >= 11 is 0. The molecule has 3 rings (SSSR count). The zero-order chi connectivity index (χ0) is 26.1. The number of nitrogens with one attached hydrogen (secondary N) is 1. The number of amides is 1. The third-order valence-electron chi connectivity index (χ3n) is 5.54. The number of methoxy groups -OCH3 is 2. The number of hydrogen-bond donors (Lipinski definition) is 2. The maximum absolute atomic E-state index is 13.0. The fourth-order valence-corrected chi connectivity index (χ4v) is 3.60. The summed E-state index contributed by atoms with van der Waals surface area (Å²) in [6, 6.07) is 13.6. The van der Waals surface area contributed by atoms with E-state index < -0.39 is 17.6 Å². The second-order valence-corrected chi connectivity index (χ2v) is 8.05. The molecule has 3 N–H and O–H groups in total. The van der Waals surface area contributed by atoms with E-state index in [-0.39, 0.29) is 6.54 Å². The third kappa shape index (κ3) is 7.19. The van der Waals surface area contributed by atoms with E-state index >= 15 is 0 Å². The summed E-state index contributed by atoms with van der Waals surface area (Å²) in [6.45, 7) is 2.31. The van der Waals surface area contributed by atoms with Crippen LogP contribution in [0.2, 0.25) is 0 Å². The minimum absolute atomic E-state index is 0.0496. The van der Waals surface area contributed by atoms with Crippen LogP contribution in [0.1, 0.15) is 21.5 Å². The van der Waals surface area contributed by atoms with Crippen LogP contribution in [0.15, 0.2) is 60.8 Å². The molecule has 7 nitrogen and oxygen atoms in total. The van der Waals surface area contributed by atoms with Crippen LogP contribution in [0.3, 0.4) is 0 Å². The van der Waals surface area contributed by atoms with E-state index in [1.54, 1.807) is 26.4 Å². The van der Waals surface area contributed by atoms with Crippen molar-refractivity contribution in [1.29, 1.82) is 0 Å². The first-order chi connectivity index (χ1) is 17.2. The normalized spacial score (nSPS) is 11.4. The Morgan fingerprint density at radius 3 is 2.42 bits per heavy atom. The van der Waals surface area contributed by atoms with Crippen LogP contribution in [0.25, 0.3) is 11.3 Å². The largest absolute Gasteiger partial charge is 0.416 e. The lowest BCUT2D eigenvalue weighted by Crippen LogP contribution is -2.30. The molecule has 0 aliphatic rings. The Labute approximate surface area is 208 Å². The van der Waals surface area contributed by atoms with E-state index in [0.717, 1.165) is 17.8 Å². The number of benzene rings is 2. The Bertz CT molecular complexity index is 1160. The van der Waals surface area contributed by atoms with Crippen molar-refractivity contribution in [1.82, 2.24) is 10.3 Å². The maximum Gasteiger partial charge on any atom is 0.416 e. The SMILES string of the molecule is COCCN(CCOC)c1ccc(N)c(-c2cc(C(=O)NCc3cccc(C(F)(F)F)c3)ccn2)c1. The number of anilines is 2. The van der Waals surface area contributed by atoms with Crippen LogP contribution in [-0.4, -0.2) is 51.4 Å². The number of halogens is 3. The van der Waals surface area contributed by atoms with Gasteiger partial charge >= 0.3 is 6.18 Å². The van der Waals surface area contributed by atoms with Gasteiger partial charge in [0.2, 0.25) is 0 Å². The number of nitrogens with two attached hydrogens (primary N) is 1. The molecule has 0 atom stereocenters. The van der Waals surface area contributed by atoms with Gasteiger partial charge in [-0.25, -0.2) is 0 Å². The topological polar surface area (TPSA) is 89.7 Å². The Morgan fingerprint density at radius 1 is 1.03 bits per heavy atom. The molecule has 36 heavy (non-hydrogen) atoms. The predicted octanol–water partition coefficient (Wildman–Crippen LogP) is 4.38. The maximum atomic E-state index is 13.0. The molecule has 0 aliphatic carbocycles. The first-order valence-corrected chi connectivity index (χ1v) is 11.3. The molecule has 10 heteroatoms. The molecule has 1 amide bonds. The van der Waals surface area contributed by atoms with E-state index in [1.807, 2.05) is 12.1 Å². The van der Waals surface area contributed by atoms with Gasteiger partial charge in [-0.3, -0.25) is 9.78 Å². The molecule has 0 saturated carbocycles. The Balaban J connectivity index is 1.79. The lowest BCUT2D eigenvalue weighted by Gasteiger charge is -2.25. The second kappa shape index (κ2) is 12.4. The molecule has 0 bridgehead atoms. The summed E-state index contributed by atoms with van der Waals surface area (Å²) in [4.78, 5) is 19.2. The smallest absolute Gasteiger partial charge is 0.398 e. The Kier molecular flexibility index (Phi) is 9.26. The van der Waals surface area contributed by atoms with Crippen molar-refractivity contribution in [3.63, 3.8) is 0 Å². The second-order valence-electron chi connectivity index (χ2n) is 8.05. The summed E-state index contributed by atoms with van der Waals surface area (Å²) in [5.41, 5.74) is 8.67. The molecule has 0 unspecified atom stereocenters. The fourth-order valence-electron chi connectivity index (χ4n) is 3.60. The lowest BCUT2D eigenvalue weighted by molar-refractivity contribution is -0.137. The molecule has 2 aromatic carbocycles. The molecular weight excluding hydrogens is 473 g/mol. The van der Waals surface area contributed by atoms with Crippen molar-refractivity contribution in [3.05, 3.63) is 77.5 Å². The van der Waals surface area contributed by atoms with Crippen molar-refractivity contribution in [2.24, 2.45) is 0 Å². The number of nitrogens with zero attached hydrogens (tertiary/aromatic N) is 2. The predicted molar refractivity (Wildman–Crippen MR) is 133 cm³/mol. The molecule has 1 aromatic heterocycles. The van der Waals surface area contributed by atoms with Gasteiger partial charge in [-0.2, -0.15) is 13.2 Å². The Hall–Kier alpha value is -3.63. The summed E-state index contributed by atoms with van der Waals surface area (Å²) in [5.74, 6) is -0.437. The van der Waals surface area contributed by atoms with E-state index in [9.17, 15) is 18.0 Å². The van der Waals surface area contributed by atoms with Gasteiger partial charge in [0.25, 0.3) is 5.91 Å². The number of nitrogen functional groups attached to an aromatic ring is 1. The van der Waals surface area contributed by atoms with Gasteiger partial charge in [0.1, 0.15) is 0 Å². The van der Waals surface area contributed by atoms with Crippen LogP contribution < -0.4 is 16.0 Å². The van der Waals surface area contributed by atoms with Crippen molar-refractivity contribution >= 4 is 17.3 Å². The molecule has 0 fully saturated rings. The summed E-state index contributed by atoms with van der Waals surface area (Å²) < 4.78 is 49.3. The number of carbonyl (C=O) groups is 1. The van der Waals surface area contributed by atoms with Crippen LogP contribution >= 0.6 is 0 Å². The van der Waals surface area contributed by atoms with Gasteiger partial charge in [0.15, 0.2) is 0 Å². The first-order valence-electron chi connectivity index (χ1n) is 11.3. The summed E-state index contributed by atoms with van der Waals surface area (Å²) in [7, 11) is 3.27. The van der Waals surface area contributed by atoms with Crippen molar-refractivity contribution in [2.75, 3.05) is 51.2 Å². The van der Waals surface area contributed by atoms with Crippen molar-refractivity contribution in [2.45, 2.75) is 12.7 Å². The third-order valence-corrected chi connectivity index (χ3v) is 5.54. The highest BCUT2D eigenvalue weighted by Gasteiger charge is 2.30. The number of alkyl halides is 3. The first kappa shape index (κ1) is 27.0. The van der Waals surface area contributed by atoms with Crippen LogP contribution in [-0.2, 0) is 22.2 Å². The van der Waals surface area contributed by atoms with Crippen LogP contribution in [0.4, 0.5) is 24.5 Å². The number of hydrogen-bond acceptors (Lipinski definition) is 6. The van der Waals surface area contributed by atoms with Gasteiger partial charge in [-0.05, 0) is 48.0 Å². The molecule has 0 spiro atoms. The summed E-state index contributed by atoms with van der Waals surface area (Å²) in [6.07, 6.45) is -2.95. The number of rotatable bonds is 11. The van der Waals surface area contributed by atoms with E-state index in [0.29, 0.717) is 54.4 Å². The standard InChI is InChI=1S/C26H29F3N4O3/c1-35-12-10-33(11-13-36-2)21-6-7-23(30)22(16-21)24-15-19(8-9-31-24)25(34)32-17-18-4-3-5-20(14-18)26(27,28)29/h3-9,14-16H,10-13,17,30H2,1-2H3,(H,32,34). The van der Waals surface area contributed by atoms with E-state index in [4.69, 9.17) is 15.2 Å². The number of ether oxygens (including phenoxy) is 2. The minimum Gasteiger partial charge on any atom is -0.398 e. The van der Waals surface area contributed by atoms with Crippen molar-refractivity contribution in [3.8, 4) is 11.3 Å². The zero-order valence-corrected chi connectivity index (χ0v) is 20.1.